The molecule has 1 amide bonds. The highest BCUT2D eigenvalue weighted by Crippen LogP contribution is 2.16. The number of fused-ring (bicyclic) bond motifs is 1. The Bertz CT molecular complexity index is 526. The fraction of sp³-hybridized carbons (Fsp3) is 0.250. The summed E-state index contributed by atoms with van der Waals surface area (Å²) < 4.78 is 6.15. The second-order valence-corrected chi connectivity index (χ2v) is 3.28. The average Bonchev–Trinajstić information content (AvgIpc) is 2.72. The average molecular weight is 242 g/mol. The minimum atomic E-state index is -0.295. The van der Waals surface area contributed by atoms with Gasteiger partial charge in [-0.2, -0.15) is 0 Å². The van der Waals surface area contributed by atoms with Gasteiger partial charge in [0.25, 0.3) is 0 Å². The summed E-state index contributed by atoms with van der Waals surface area (Å²) in [5.74, 6) is -0.295. The van der Waals surface area contributed by atoms with Crippen molar-refractivity contribution in [1.29, 1.82) is 0 Å². The van der Waals surface area contributed by atoms with E-state index in [2.05, 4.69) is 20.5 Å². The monoisotopic (exact) mass is 241 g/mol. The molecule has 0 unspecified atom stereocenters. The van der Waals surface area contributed by atoms with Crippen molar-refractivity contribution in [2.24, 2.45) is 0 Å². The number of ether oxygens (including phenoxy) is 1. The molecule has 0 saturated carbocycles. The molecule has 2 heterocycles. The molecule has 0 spiro atoms. The van der Waals surface area contributed by atoms with Crippen LogP contribution in [0.2, 0.25) is 5.28 Å². The van der Waals surface area contributed by atoms with E-state index in [9.17, 15) is 4.79 Å². The lowest BCUT2D eigenvalue weighted by molar-refractivity contribution is -0.119. The van der Waals surface area contributed by atoms with E-state index in [0.29, 0.717) is 11.3 Å². The Morgan fingerprint density at radius 3 is 3.25 bits per heavy atom. The predicted molar refractivity (Wildman–Crippen MR) is 56.3 cm³/mol. The molecule has 0 bridgehead atoms. The van der Waals surface area contributed by atoms with E-state index in [1.54, 1.807) is 0 Å². The van der Waals surface area contributed by atoms with Crippen molar-refractivity contribution >= 4 is 28.8 Å². The number of hydrogen-bond acceptors (Lipinski definition) is 5. The summed E-state index contributed by atoms with van der Waals surface area (Å²) >= 11 is 5.80. The third-order valence-corrected chi connectivity index (χ3v) is 2.12. The maximum absolute atomic E-state index is 11.3. The van der Waals surface area contributed by atoms with E-state index < -0.39 is 0 Å². The highest BCUT2D eigenvalue weighted by molar-refractivity contribution is 6.28. The molecule has 0 aromatic carbocycles. The topological polar surface area (TPSA) is 81.4 Å². The lowest BCUT2D eigenvalue weighted by atomic mass is 10.4. The van der Waals surface area contributed by atoms with Crippen LogP contribution in [0.5, 0.6) is 0 Å². The van der Waals surface area contributed by atoms with E-state index in [1.165, 1.54) is 24.0 Å². The van der Waals surface area contributed by atoms with Crippen molar-refractivity contribution in [3.05, 3.63) is 17.8 Å². The largest absolute Gasteiger partial charge is 0.375 e. The van der Waals surface area contributed by atoms with E-state index in [-0.39, 0.29) is 17.8 Å². The van der Waals surface area contributed by atoms with Gasteiger partial charge >= 0.3 is 0 Å². The Morgan fingerprint density at radius 2 is 2.50 bits per heavy atom. The van der Waals surface area contributed by atoms with E-state index in [1.807, 2.05) is 0 Å². The Hall–Kier alpha value is -1.73. The molecule has 84 valence electrons. The van der Waals surface area contributed by atoms with Crippen LogP contribution in [0, 0.1) is 0 Å². The normalized spacial score (nSPS) is 10.6. The first-order valence-corrected chi connectivity index (χ1v) is 4.73. The van der Waals surface area contributed by atoms with Crippen molar-refractivity contribution in [3.8, 4) is 0 Å². The van der Waals surface area contributed by atoms with Gasteiger partial charge in [0.1, 0.15) is 18.6 Å². The van der Waals surface area contributed by atoms with E-state index >= 15 is 0 Å². The number of carbonyl (C=O) groups is 1. The summed E-state index contributed by atoms with van der Waals surface area (Å²) in [5.41, 5.74) is 0.869. The lowest BCUT2D eigenvalue weighted by Gasteiger charge is -2.05. The maximum atomic E-state index is 11.3. The highest BCUT2D eigenvalue weighted by Gasteiger charge is 2.10. The van der Waals surface area contributed by atoms with Crippen molar-refractivity contribution in [1.82, 2.24) is 19.6 Å². The molecule has 2 rings (SSSR count). The quantitative estimate of drug-likeness (QED) is 0.785. The molecule has 0 aliphatic heterocycles. The zero-order chi connectivity index (χ0) is 11.5. The summed E-state index contributed by atoms with van der Waals surface area (Å²) in [4.78, 5) is 15.2. The number of hydrogen-bond donors (Lipinski definition) is 1. The zero-order valence-electron chi connectivity index (χ0n) is 8.35. The standard InChI is InChI=1S/C8H8ClN5O2/c1-16-3-6(15)12-5-2-10-8(9)14-4-11-13-7(5)14/h2,4H,3H2,1H3,(H,12,15). The van der Waals surface area contributed by atoms with Gasteiger partial charge in [0.05, 0.1) is 6.20 Å². The van der Waals surface area contributed by atoms with Gasteiger partial charge in [-0.05, 0) is 11.6 Å². The van der Waals surface area contributed by atoms with Crippen molar-refractivity contribution in [2.45, 2.75) is 0 Å². The molecule has 2 aromatic rings. The second-order valence-electron chi connectivity index (χ2n) is 2.95. The predicted octanol–water partition coefficient (Wildman–Crippen LogP) is 0.363. The Morgan fingerprint density at radius 1 is 1.69 bits per heavy atom. The second kappa shape index (κ2) is 4.42. The molecule has 0 fully saturated rings. The molecule has 16 heavy (non-hydrogen) atoms. The molecule has 0 aliphatic carbocycles. The van der Waals surface area contributed by atoms with Crippen LogP contribution in [-0.2, 0) is 9.53 Å². The van der Waals surface area contributed by atoms with Gasteiger partial charge < -0.3 is 10.1 Å². The van der Waals surface area contributed by atoms with Crippen LogP contribution in [0.3, 0.4) is 0 Å². The molecule has 2 aromatic heterocycles. The number of nitrogens with zero attached hydrogens (tertiary/aromatic N) is 4. The number of nitrogens with one attached hydrogen (secondary N) is 1. The Labute approximate surface area is 95.4 Å². The number of amides is 1. The molecular formula is C8H8ClN5O2. The summed E-state index contributed by atoms with van der Waals surface area (Å²) in [7, 11) is 1.44. The molecule has 0 radical (unpaired) electrons. The SMILES string of the molecule is COCC(=O)Nc1cnc(Cl)n2cnnc12. The number of carbonyl (C=O) groups excluding carboxylic acids is 1. The van der Waals surface area contributed by atoms with Crippen molar-refractivity contribution in [3.63, 3.8) is 0 Å². The summed E-state index contributed by atoms with van der Waals surface area (Å²) in [6.45, 7) is -0.0388. The van der Waals surface area contributed by atoms with Crippen molar-refractivity contribution < 1.29 is 9.53 Å². The maximum Gasteiger partial charge on any atom is 0.250 e. The molecule has 7 nitrogen and oxygen atoms in total. The minimum absolute atomic E-state index is 0.0388. The highest BCUT2D eigenvalue weighted by atomic mass is 35.5. The number of aromatic nitrogens is 4. The van der Waals surface area contributed by atoms with Crippen LogP contribution in [0.4, 0.5) is 5.69 Å². The van der Waals surface area contributed by atoms with E-state index in [4.69, 9.17) is 16.3 Å². The van der Waals surface area contributed by atoms with Crippen LogP contribution >= 0.6 is 11.6 Å². The molecule has 8 heteroatoms. The Balaban J connectivity index is 2.34. The van der Waals surface area contributed by atoms with Crippen LogP contribution in [0.1, 0.15) is 0 Å². The molecular weight excluding hydrogens is 234 g/mol. The van der Waals surface area contributed by atoms with Crippen LogP contribution < -0.4 is 5.32 Å². The molecule has 0 saturated heterocycles. The third kappa shape index (κ3) is 1.95. The van der Waals surface area contributed by atoms with Gasteiger partial charge in [0, 0.05) is 7.11 Å². The summed E-state index contributed by atoms with van der Waals surface area (Å²) in [6, 6.07) is 0. The first-order valence-electron chi connectivity index (χ1n) is 4.35. The summed E-state index contributed by atoms with van der Waals surface area (Å²) in [5, 5.41) is 10.3. The van der Waals surface area contributed by atoms with Gasteiger partial charge in [-0.15, -0.1) is 10.2 Å². The van der Waals surface area contributed by atoms with Crippen LogP contribution in [0.15, 0.2) is 12.5 Å². The zero-order valence-corrected chi connectivity index (χ0v) is 9.10. The fourth-order valence-corrected chi connectivity index (χ4v) is 1.37. The lowest BCUT2D eigenvalue weighted by Crippen LogP contribution is -2.18. The smallest absolute Gasteiger partial charge is 0.250 e. The minimum Gasteiger partial charge on any atom is -0.375 e. The van der Waals surface area contributed by atoms with Gasteiger partial charge in [-0.3, -0.25) is 9.20 Å². The summed E-state index contributed by atoms with van der Waals surface area (Å²) in [6.07, 6.45) is 2.83. The van der Waals surface area contributed by atoms with Crippen molar-refractivity contribution in [2.75, 3.05) is 19.0 Å². The van der Waals surface area contributed by atoms with Crippen LogP contribution in [-0.4, -0.2) is 39.2 Å². The molecule has 0 atom stereocenters. The van der Waals surface area contributed by atoms with Gasteiger partial charge in [0.2, 0.25) is 11.2 Å². The number of anilines is 1. The third-order valence-electron chi connectivity index (χ3n) is 1.84. The number of methoxy groups -OCH3 is 1. The fourth-order valence-electron chi connectivity index (χ4n) is 1.20. The first kappa shape index (κ1) is 10.8. The molecule has 1 N–H and O–H groups in total. The Kier molecular flexibility index (Phi) is 2.97. The van der Waals surface area contributed by atoms with Gasteiger partial charge in [0.15, 0.2) is 5.65 Å². The first-order chi connectivity index (χ1) is 7.72. The van der Waals surface area contributed by atoms with Gasteiger partial charge in [-0.25, -0.2) is 4.98 Å². The number of halogens is 1. The van der Waals surface area contributed by atoms with E-state index in [0.717, 1.165) is 0 Å². The van der Waals surface area contributed by atoms with Crippen LogP contribution in [0.25, 0.3) is 5.65 Å². The number of rotatable bonds is 3. The van der Waals surface area contributed by atoms with Gasteiger partial charge in [-0.1, -0.05) is 0 Å². The molecule has 0 aliphatic rings.